The molecular weight excluding hydrogens is 292 g/mol. The van der Waals surface area contributed by atoms with Crippen molar-refractivity contribution in [3.05, 3.63) is 36.7 Å². The number of aromatic nitrogens is 2. The second-order valence-corrected chi connectivity index (χ2v) is 3.41. The van der Waals surface area contributed by atoms with Crippen molar-refractivity contribution >= 4 is 27.5 Å². The van der Waals surface area contributed by atoms with Crippen LogP contribution >= 0.6 is 15.9 Å². The molecule has 90 valence electrons. The first-order chi connectivity index (χ1) is 8.15. The van der Waals surface area contributed by atoms with Crippen LogP contribution in [0.5, 0.6) is 0 Å². The molecule has 0 aliphatic carbocycles. The van der Waals surface area contributed by atoms with Gasteiger partial charge >= 0.3 is 0 Å². The molecule has 0 saturated heterocycles. The molecule has 0 unspecified atom stereocenters. The largest absolute Gasteiger partial charge is 0.440 e. The van der Waals surface area contributed by atoms with Gasteiger partial charge in [-0.1, -0.05) is 15.9 Å². The van der Waals surface area contributed by atoms with Gasteiger partial charge in [-0.25, -0.2) is 9.97 Å². The van der Waals surface area contributed by atoms with Crippen LogP contribution in [0.1, 0.15) is 28.0 Å². The molecule has 0 aliphatic heterocycles. The van der Waals surface area contributed by atoms with Gasteiger partial charge in [0.25, 0.3) is 0 Å². The second kappa shape index (κ2) is 6.74. The molecule has 0 spiro atoms. The van der Waals surface area contributed by atoms with Crippen molar-refractivity contribution in [1.82, 2.24) is 9.97 Å². The van der Waals surface area contributed by atoms with Gasteiger partial charge < -0.3 is 8.83 Å². The Hall–Kier alpha value is -1.76. The molecule has 0 saturated carbocycles. The average molecular weight is 301 g/mol. The minimum atomic E-state index is -0.0949. The molecule has 0 aliphatic rings. The van der Waals surface area contributed by atoms with E-state index in [2.05, 4.69) is 30.3 Å². The normalized spacial score (nSPS) is 9.29. The zero-order valence-corrected chi connectivity index (χ0v) is 10.5. The maximum absolute atomic E-state index is 10.7. The van der Waals surface area contributed by atoms with Gasteiger partial charge in [-0.05, 0) is 0 Å². The second-order valence-electron chi connectivity index (χ2n) is 2.84. The maximum Gasteiger partial charge on any atom is 0.210 e. The topological polar surface area (TPSA) is 86.2 Å². The van der Waals surface area contributed by atoms with Crippen LogP contribution in [0, 0.1) is 0 Å². The first kappa shape index (κ1) is 13.3. The smallest absolute Gasteiger partial charge is 0.210 e. The summed E-state index contributed by atoms with van der Waals surface area (Å²) in [4.78, 5) is 28.2. The lowest BCUT2D eigenvalue weighted by molar-refractivity contribution is 0.0982. The van der Waals surface area contributed by atoms with Crippen LogP contribution in [0.15, 0.2) is 34.0 Å². The first-order valence-electron chi connectivity index (χ1n) is 4.52. The molecule has 2 aromatic heterocycles. The van der Waals surface area contributed by atoms with Crippen LogP contribution in [0.3, 0.4) is 0 Å². The minimum Gasteiger partial charge on any atom is -0.440 e. The third-order valence-corrected chi connectivity index (χ3v) is 2.12. The van der Waals surface area contributed by atoms with E-state index < -0.39 is 0 Å². The van der Waals surface area contributed by atoms with Gasteiger partial charge in [-0.2, -0.15) is 0 Å². The molecule has 17 heavy (non-hydrogen) atoms. The minimum absolute atomic E-state index is 0.0903. The zero-order valence-electron chi connectivity index (χ0n) is 8.92. The lowest BCUT2D eigenvalue weighted by atomic mass is 10.4. The molecule has 2 aromatic rings. The molecule has 0 bridgehead atoms. The highest BCUT2D eigenvalue weighted by molar-refractivity contribution is 9.09. The van der Waals surface area contributed by atoms with Gasteiger partial charge in [0.1, 0.15) is 0 Å². The van der Waals surface area contributed by atoms with Crippen LogP contribution < -0.4 is 0 Å². The Morgan fingerprint density at radius 2 is 1.71 bits per heavy atom. The standard InChI is InChI=1S/C5H4BrNO2.C5H5NO2/c6-1-4(8)5-2-7-3-9-5;1-4(7)5-2-6-3-8-5/h2-3H,1H2;2-3H,1H3. The summed E-state index contributed by atoms with van der Waals surface area (Å²) in [6.07, 6.45) is 5.25. The van der Waals surface area contributed by atoms with Crippen molar-refractivity contribution in [1.29, 1.82) is 0 Å². The Morgan fingerprint density at radius 3 is 2.00 bits per heavy atom. The lowest BCUT2D eigenvalue weighted by Gasteiger charge is -1.83. The zero-order chi connectivity index (χ0) is 12.7. The van der Waals surface area contributed by atoms with E-state index in [1.165, 1.54) is 32.1 Å². The molecule has 2 heterocycles. The number of carbonyl (C=O) groups excluding carboxylic acids is 2. The SMILES string of the molecule is CC(=O)c1cnco1.O=C(CBr)c1cnco1. The summed E-state index contributed by atoms with van der Waals surface area (Å²) in [6, 6.07) is 0. The third kappa shape index (κ3) is 4.31. The van der Waals surface area contributed by atoms with Gasteiger partial charge in [0.2, 0.25) is 5.78 Å². The van der Waals surface area contributed by atoms with E-state index in [4.69, 9.17) is 4.42 Å². The summed E-state index contributed by atoms with van der Waals surface area (Å²) in [5.74, 6) is 0.423. The maximum atomic E-state index is 10.7. The number of halogens is 1. The number of hydrogen-bond acceptors (Lipinski definition) is 6. The Kier molecular flexibility index (Phi) is 5.28. The summed E-state index contributed by atoms with van der Waals surface area (Å²) in [5.41, 5.74) is 0. The van der Waals surface area contributed by atoms with E-state index in [0.717, 1.165) is 0 Å². The van der Waals surface area contributed by atoms with Crippen molar-refractivity contribution in [2.24, 2.45) is 0 Å². The Labute approximate surface area is 105 Å². The molecule has 0 fully saturated rings. The Morgan fingerprint density at radius 1 is 1.18 bits per heavy atom. The summed E-state index contributed by atoms with van der Waals surface area (Å²) in [5, 5.41) is 0.280. The van der Waals surface area contributed by atoms with Crippen LogP contribution in [0.2, 0.25) is 0 Å². The molecule has 0 aromatic carbocycles. The molecule has 2 rings (SSSR count). The number of rotatable bonds is 3. The Bertz CT molecular complexity index is 464. The van der Waals surface area contributed by atoms with E-state index in [0.29, 0.717) is 11.5 Å². The highest BCUT2D eigenvalue weighted by Gasteiger charge is 2.05. The van der Waals surface area contributed by atoms with E-state index in [9.17, 15) is 9.59 Å². The van der Waals surface area contributed by atoms with Crippen LogP contribution in [0.25, 0.3) is 0 Å². The predicted molar refractivity (Wildman–Crippen MR) is 61.1 cm³/mol. The molecule has 0 atom stereocenters. The number of hydrogen-bond donors (Lipinski definition) is 0. The number of Topliss-reactive ketones (excluding diaryl/α,β-unsaturated/α-hetero) is 2. The van der Waals surface area contributed by atoms with Crippen LogP contribution in [0.4, 0.5) is 0 Å². The number of ketones is 2. The predicted octanol–water partition coefficient (Wildman–Crippen LogP) is 2.13. The summed E-state index contributed by atoms with van der Waals surface area (Å²) >= 11 is 3.00. The van der Waals surface area contributed by atoms with Gasteiger partial charge in [-0.3, -0.25) is 9.59 Å². The monoisotopic (exact) mass is 300 g/mol. The fraction of sp³-hybridized carbons (Fsp3) is 0.200. The highest BCUT2D eigenvalue weighted by Crippen LogP contribution is 1.99. The van der Waals surface area contributed by atoms with Crippen molar-refractivity contribution in [2.75, 3.05) is 5.33 Å². The van der Waals surface area contributed by atoms with E-state index in [1.807, 2.05) is 0 Å². The molecule has 0 N–H and O–H groups in total. The van der Waals surface area contributed by atoms with Crippen molar-refractivity contribution in [3.63, 3.8) is 0 Å². The quantitative estimate of drug-likeness (QED) is 0.637. The van der Waals surface area contributed by atoms with Crippen molar-refractivity contribution in [3.8, 4) is 0 Å². The van der Waals surface area contributed by atoms with E-state index >= 15 is 0 Å². The lowest BCUT2D eigenvalue weighted by Crippen LogP contribution is -1.96. The van der Waals surface area contributed by atoms with E-state index in [1.54, 1.807) is 0 Å². The van der Waals surface area contributed by atoms with Gasteiger partial charge in [0, 0.05) is 6.92 Å². The number of alkyl halides is 1. The summed E-state index contributed by atoms with van der Waals surface area (Å²) in [6.45, 7) is 1.43. The first-order valence-corrected chi connectivity index (χ1v) is 5.64. The number of oxazole rings is 2. The molecule has 0 amide bonds. The summed E-state index contributed by atoms with van der Waals surface area (Å²) in [7, 11) is 0. The van der Waals surface area contributed by atoms with Crippen molar-refractivity contribution < 1.29 is 18.4 Å². The highest BCUT2D eigenvalue weighted by atomic mass is 79.9. The van der Waals surface area contributed by atoms with E-state index in [-0.39, 0.29) is 16.9 Å². The molecule has 6 nitrogen and oxygen atoms in total. The molecule has 7 heteroatoms. The molecular formula is C10H9BrN2O4. The average Bonchev–Trinajstić information content (AvgIpc) is 3.01. The number of nitrogens with zero attached hydrogens (tertiary/aromatic N) is 2. The van der Waals surface area contributed by atoms with Gasteiger partial charge in [0.05, 0.1) is 17.7 Å². The van der Waals surface area contributed by atoms with Crippen LogP contribution in [-0.2, 0) is 0 Å². The van der Waals surface area contributed by atoms with Crippen LogP contribution in [-0.4, -0.2) is 26.9 Å². The fourth-order valence-electron chi connectivity index (χ4n) is 0.809. The third-order valence-electron chi connectivity index (χ3n) is 1.61. The Balaban J connectivity index is 0.000000171. The fourth-order valence-corrected chi connectivity index (χ4v) is 1.09. The summed E-state index contributed by atoms with van der Waals surface area (Å²) < 4.78 is 9.33. The van der Waals surface area contributed by atoms with Gasteiger partial charge in [-0.15, -0.1) is 0 Å². The van der Waals surface area contributed by atoms with Gasteiger partial charge in [0.15, 0.2) is 30.1 Å². The van der Waals surface area contributed by atoms with Crippen molar-refractivity contribution in [2.45, 2.75) is 6.92 Å². The number of carbonyl (C=O) groups is 2. The molecule has 0 radical (unpaired) electrons.